The highest BCUT2D eigenvalue weighted by molar-refractivity contribution is 5.99. The Balaban J connectivity index is 1.59. The van der Waals surface area contributed by atoms with Gasteiger partial charge in [0.05, 0.1) is 29.8 Å². The second-order valence-corrected chi connectivity index (χ2v) is 6.32. The van der Waals surface area contributed by atoms with Gasteiger partial charge in [0.2, 0.25) is 5.91 Å². The number of piperidine rings is 1. The van der Waals surface area contributed by atoms with Crippen molar-refractivity contribution >= 4 is 17.7 Å². The fourth-order valence-electron chi connectivity index (χ4n) is 3.13. The first-order chi connectivity index (χ1) is 11.5. The van der Waals surface area contributed by atoms with Crippen LogP contribution in [0.25, 0.3) is 0 Å². The van der Waals surface area contributed by atoms with Gasteiger partial charge in [-0.2, -0.15) is 0 Å². The molecule has 0 spiro atoms. The van der Waals surface area contributed by atoms with E-state index in [0.29, 0.717) is 23.1 Å². The summed E-state index contributed by atoms with van der Waals surface area (Å²) < 4.78 is 1.43. The van der Waals surface area contributed by atoms with E-state index in [0.717, 1.165) is 13.0 Å². The molecular formula is C15H16N6O3. The summed E-state index contributed by atoms with van der Waals surface area (Å²) in [4.78, 5) is 33.8. The second kappa shape index (κ2) is 5.08. The van der Waals surface area contributed by atoms with Crippen molar-refractivity contribution in [3.05, 3.63) is 29.5 Å². The van der Waals surface area contributed by atoms with E-state index in [4.69, 9.17) is 5.11 Å². The molecule has 2 aromatic heterocycles. The Labute approximate surface area is 137 Å². The molecule has 1 aliphatic carbocycles. The number of fused-ring (bicyclic) bond motifs is 1. The monoisotopic (exact) mass is 328 g/mol. The van der Waals surface area contributed by atoms with Crippen LogP contribution >= 0.6 is 0 Å². The molecule has 3 atom stereocenters. The van der Waals surface area contributed by atoms with Gasteiger partial charge in [0.15, 0.2) is 11.5 Å². The number of amides is 1. The van der Waals surface area contributed by atoms with Crippen LogP contribution in [-0.4, -0.2) is 48.5 Å². The summed E-state index contributed by atoms with van der Waals surface area (Å²) in [6, 6.07) is -0.312. The first-order valence-corrected chi connectivity index (χ1v) is 7.75. The molecule has 1 unspecified atom stereocenters. The lowest BCUT2D eigenvalue weighted by Crippen LogP contribution is -2.30. The molecule has 2 fully saturated rings. The largest absolute Gasteiger partial charge is 0.476 e. The highest BCUT2D eigenvalue weighted by Crippen LogP contribution is 2.47. The maximum Gasteiger partial charge on any atom is 0.358 e. The smallest absolute Gasteiger partial charge is 0.358 e. The lowest BCUT2D eigenvalue weighted by molar-refractivity contribution is -0.118. The summed E-state index contributed by atoms with van der Waals surface area (Å²) in [5.41, 5.74) is 1.19. The Morgan fingerprint density at radius 2 is 2.25 bits per heavy atom. The van der Waals surface area contributed by atoms with Crippen molar-refractivity contribution in [1.29, 1.82) is 0 Å². The van der Waals surface area contributed by atoms with Crippen LogP contribution in [-0.2, 0) is 4.79 Å². The fraction of sp³-hybridized carbons (Fsp3) is 0.467. The molecule has 0 radical (unpaired) electrons. The maximum absolute atomic E-state index is 12.2. The van der Waals surface area contributed by atoms with Crippen LogP contribution in [0.5, 0.6) is 0 Å². The topological polar surface area (TPSA) is 114 Å². The van der Waals surface area contributed by atoms with Crippen LogP contribution in [0.2, 0.25) is 0 Å². The van der Waals surface area contributed by atoms with Gasteiger partial charge in [-0.3, -0.25) is 14.7 Å². The molecule has 1 saturated heterocycles. The molecule has 2 aliphatic rings. The number of carbonyl (C=O) groups is 2. The van der Waals surface area contributed by atoms with Gasteiger partial charge in [-0.25, -0.2) is 14.5 Å². The van der Waals surface area contributed by atoms with Gasteiger partial charge in [0.1, 0.15) is 0 Å². The van der Waals surface area contributed by atoms with Gasteiger partial charge < -0.3 is 5.11 Å². The van der Waals surface area contributed by atoms with E-state index < -0.39 is 5.97 Å². The van der Waals surface area contributed by atoms with Crippen molar-refractivity contribution in [3.8, 4) is 0 Å². The van der Waals surface area contributed by atoms with Crippen LogP contribution in [0.3, 0.4) is 0 Å². The minimum Gasteiger partial charge on any atom is -0.476 e. The van der Waals surface area contributed by atoms with Crippen molar-refractivity contribution in [2.45, 2.75) is 26.3 Å². The van der Waals surface area contributed by atoms with Crippen molar-refractivity contribution in [2.24, 2.45) is 11.8 Å². The number of rotatable bonds is 4. The molecule has 9 heteroatoms. The van der Waals surface area contributed by atoms with Gasteiger partial charge in [-0.15, -0.1) is 5.10 Å². The molecule has 0 aromatic carbocycles. The highest BCUT2D eigenvalue weighted by atomic mass is 16.4. The number of carboxylic acid groups (broad SMARTS) is 1. The number of aromatic nitrogens is 5. The molecule has 9 nitrogen and oxygen atoms in total. The number of aromatic carboxylic acids is 1. The molecule has 2 aromatic rings. The van der Waals surface area contributed by atoms with E-state index in [1.807, 2.05) is 13.8 Å². The molecule has 1 saturated carbocycles. The van der Waals surface area contributed by atoms with Gasteiger partial charge in [-0.1, -0.05) is 5.21 Å². The average molecular weight is 328 g/mol. The quantitative estimate of drug-likeness (QED) is 0.877. The predicted molar refractivity (Wildman–Crippen MR) is 81.5 cm³/mol. The first-order valence-electron chi connectivity index (χ1n) is 7.75. The first kappa shape index (κ1) is 14.7. The minimum absolute atomic E-state index is 0.120. The zero-order valence-corrected chi connectivity index (χ0v) is 13.2. The molecule has 4 rings (SSSR count). The predicted octanol–water partition coefficient (Wildman–Crippen LogP) is 0.667. The van der Waals surface area contributed by atoms with Gasteiger partial charge in [0, 0.05) is 12.5 Å². The number of hydrogen-bond acceptors (Lipinski definition) is 6. The number of aryl methyl sites for hydroxylation is 1. The third-order valence-electron chi connectivity index (χ3n) is 4.67. The molecule has 1 amide bonds. The summed E-state index contributed by atoms with van der Waals surface area (Å²) in [6.45, 7) is 4.37. The normalized spacial score (nSPS) is 23.2. The Kier molecular flexibility index (Phi) is 3.12. The second-order valence-electron chi connectivity index (χ2n) is 6.32. The Morgan fingerprint density at radius 1 is 1.46 bits per heavy atom. The minimum atomic E-state index is -1.13. The van der Waals surface area contributed by atoms with E-state index in [-0.39, 0.29) is 23.6 Å². The van der Waals surface area contributed by atoms with Crippen LogP contribution in [0.15, 0.2) is 12.4 Å². The third-order valence-corrected chi connectivity index (χ3v) is 4.67. The Bertz CT molecular complexity index is 847. The molecule has 124 valence electrons. The van der Waals surface area contributed by atoms with E-state index in [2.05, 4.69) is 20.3 Å². The SMILES string of the molecule is Cc1nc(C(C)n2cc(C(=O)O)nn2)cnc1N1C[C@H]2C[C@H]2C1=O. The van der Waals surface area contributed by atoms with E-state index >= 15 is 0 Å². The zero-order valence-electron chi connectivity index (χ0n) is 13.2. The summed E-state index contributed by atoms with van der Waals surface area (Å²) >= 11 is 0. The number of carbonyl (C=O) groups excluding carboxylic acids is 1. The summed E-state index contributed by atoms with van der Waals surface area (Å²) in [6.07, 6.45) is 3.96. The molecule has 0 bridgehead atoms. The number of carboxylic acids is 1. The molecular weight excluding hydrogens is 312 g/mol. The molecule has 1 aliphatic heterocycles. The summed E-state index contributed by atoms with van der Waals surface area (Å²) in [5, 5.41) is 16.3. The Hall–Kier alpha value is -2.84. The van der Waals surface area contributed by atoms with E-state index in [9.17, 15) is 9.59 Å². The van der Waals surface area contributed by atoms with Gasteiger partial charge >= 0.3 is 5.97 Å². The van der Waals surface area contributed by atoms with Crippen molar-refractivity contribution in [2.75, 3.05) is 11.4 Å². The lowest BCUT2D eigenvalue weighted by atomic mass is 10.2. The molecule has 3 heterocycles. The standard InChI is InChI=1S/C15H16N6O3/c1-7-13(20-5-9-3-10(9)14(20)22)16-4-11(17-7)8(2)21-6-12(15(23)24)18-19-21/h4,6,8-10H,3,5H2,1-2H3,(H,23,24)/t8?,9-,10-/m1/s1. The Morgan fingerprint density at radius 3 is 2.83 bits per heavy atom. The summed E-state index contributed by atoms with van der Waals surface area (Å²) in [7, 11) is 0. The van der Waals surface area contributed by atoms with Crippen molar-refractivity contribution in [3.63, 3.8) is 0 Å². The van der Waals surface area contributed by atoms with E-state index in [1.165, 1.54) is 10.9 Å². The number of hydrogen-bond donors (Lipinski definition) is 1. The molecule has 1 N–H and O–H groups in total. The lowest BCUT2D eigenvalue weighted by Gasteiger charge is -2.20. The van der Waals surface area contributed by atoms with Crippen molar-refractivity contribution < 1.29 is 14.7 Å². The maximum atomic E-state index is 12.2. The van der Waals surface area contributed by atoms with Crippen LogP contribution in [0.4, 0.5) is 5.82 Å². The zero-order chi connectivity index (χ0) is 17.0. The number of nitrogens with zero attached hydrogens (tertiary/aromatic N) is 6. The molecule has 24 heavy (non-hydrogen) atoms. The van der Waals surface area contributed by atoms with Crippen LogP contribution < -0.4 is 4.90 Å². The fourth-order valence-corrected chi connectivity index (χ4v) is 3.13. The summed E-state index contributed by atoms with van der Waals surface area (Å²) in [5.74, 6) is 0.266. The third kappa shape index (κ3) is 2.24. The number of anilines is 1. The van der Waals surface area contributed by atoms with Crippen LogP contribution in [0.1, 0.15) is 41.3 Å². The van der Waals surface area contributed by atoms with E-state index in [1.54, 1.807) is 11.1 Å². The average Bonchev–Trinajstić information content (AvgIpc) is 3.01. The van der Waals surface area contributed by atoms with Gasteiger partial charge in [-0.05, 0) is 26.2 Å². The van der Waals surface area contributed by atoms with Crippen LogP contribution in [0, 0.1) is 18.8 Å². The van der Waals surface area contributed by atoms with Gasteiger partial charge in [0.25, 0.3) is 0 Å². The highest BCUT2D eigenvalue weighted by Gasteiger charge is 2.53. The van der Waals surface area contributed by atoms with Crippen molar-refractivity contribution in [1.82, 2.24) is 25.0 Å².